The summed E-state index contributed by atoms with van der Waals surface area (Å²) < 4.78 is 5.76. The van der Waals surface area contributed by atoms with E-state index in [1.165, 1.54) is 10.9 Å². The van der Waals surface area contributed by atoms with Crippen LogP contribution in [-0.4, -0.2) is 21.5 Å². The second kappa shape index (κ2) is 2.81. The van der Waals surface area contributed by atoms with Gasteiger partial charge in [-0.2, -0.15) is 0 Å². The lowest BCUT2D eigenvalue weighted by atomic mass is 10.9. The van der Waals surface area contributed by atoms with E-state index in [0.717, 1.165) is 0 Å². The van der Waals surface area contributed by atoms with E-state index in [-0.39, 0.29) is 6.73 Å². The summed E-state index contributed by atoms with van der Waals surface area (Å²) in [4.78, 5) is 9.62. The minimum absolute atomic E-state index is 0.128. The van der Waals surface area contributed by atoms with Crippen LogP contribution >= 0.6 is 0 Å². The Morgan fingerprint density at radius 1 is 1.78 bits per heavy atom. The molecule has 1 rings (SSSR count). The summed E-state index contributed by atoms with van der Waals surface area (Å²) in [7, 11) is 0. The first-order valence-corrected chi connectivity index (χ1v) is 2.33. The molecule has 1 aromatic rings. The molecule has 0 amide bonds. The van der Waals surface area contributed by atoms with Crippen LogP contribution < -0.4 is 0 Å². The fourth-order valence-electron chi connectivity index (χ4n) is 0.408. The van der Waals surface area contributed by atoms with Crippen molar-refractivity contribution in [3.63, 3.8) is 0 Å². The molecule has 0 aliphatic rings. The van der Waals surface area contributed by atoms with Crippen molar-refractivity contribution in [2.75, 3.05) is 0 Å². The first-order chi connectivity index (χ1) is 4.43. The Bertz CT molecular complexity index is 172. The lowest BCUT2D eigenvalue weighted by Crippen LogP contribution is -2.01. The number of carbonyl (C=O) groups is 1. The number of carbonyl (C=O) groups excluding carboxylic acids is 1. The van der Waals surface area contributed by atoms with Crippen LogP contribution in [0.1, 0.15) is 0 Å². The van der Waals surface area contributed by atoms with E-state index in [1.807, 2.05) is 0 Å². The van der Waals surface area contributed by atoms with Crippen LogP contribution in [0.15, 0.2) is 12.4 Å². The molecule has 0 radical (unpaired) electrons. The molecule has 0 aliphatic carbocycles. The van der Waals surface area contributed by atoms with Crippen molar-refractivity contribution in [3.8, 4) is 0 Å². The summed E-state index contributed by atoms with van der Waals surface area (Å²) in [6.07, 6.45) is 3.11. The molecule has 0 spiro atoms. The van der Waals surface area contributed by atoms with Crippen molar-refractivity contribution >= 4 is 6.47 Å². The minimum atomic E-state index is 0.128. The molecule has 0 N–H and O–H groups in total. The molecule has 5 heteroatoms. The van der Waals surface area contributed by atoms with Crippen LogP contribution in [0.5, 0.6) is 0 Å². The molecule has 0 unspecified atom stereocenters. The van der Waals surface area contributed by atoms with Crippen LogP contribution in [0, 0.1) is 0 Å². The summed E-state index contributed by atoms with van der Waals surface area (Å²) in [5.74, 6) is 0. The molecule has 0 fully saturated rings. The van der Waals surface area contributed by atoms with Crippen LogP contribution in [0.3, 0.4) is 0 Å². The quantitative estimate of drug-likeness (QED) is 0.509. The average molecular weight is 127 g/mol. The highest BCUT2D eigenvalue weighted by Gasteiger charge is 1.86. The SMILES string of the molecule is O=COCn1ccnn1. The molecule has 5 nitrogen and oxygen atoms in total. The lowest BCUT2D eigenvalue weighted by molar-refractivity contribution is -0.132. The van der Waals surface area contributed by atoms with Gasteiger partial charge in [0.2, 0.25) is 0 Å². The Kier molecular flexibility index (Phi) is 1.79. The number of hydrogen-bond acceptors (Lipinski definition) is 4. The summed E-state index contributed by atoms with van der Waals surface area (Å²) in [6, 6.07) is 0. The maximum Gasteiger partial charge on any atom is 0.294 e. The van der Waals surface area contributed by atoms with Gasteiger partial charge in [0.05, 0.1) is 6.20 Å². The Morgan fingerprint density at radius 3 is 3.22 bits per heavy atom. The average Bonchev–Trinajstić information content (AvgIpc) is 2.34. The first kappa shape index (κ1) is 5.74. The van der Waals surface area contributed by atoms with Crippen LogP contribution in [0.25, 0.3) is 0 Å². The molecule has 9 heavy (non-hydrogen) atoms. The third kappa shape index (κ3) is 1.52. The zero-order valence-electron chi connectivity index (χ0n) is 4.60. The molecule has 1 heterocycles. The minimum Gasteiger partial charge on any atom is -0.445 e. The maximum absolute atomic E-state index is 9.62. The second-order valence-electron chi connectivity index (χ2n) is 1.33. The zero-order chi connectivity index (χ0) is 6.53. The predicted octanol–water partition coefficient (Wildman–Crippen LogP) is -0.591. The van der Waals surface area contributed by atoms with E-state index in [2.05, 4.69) is 15.0 Å². The van der Waals surface area contributed by atoms with Crippen LogP contribution in [0.2, 0.25) is 0 Å². The van der Waals surface area contributed by atoms with Gasteiger partial charge >= 0.3 is 0 Å². The fourth-order valence-corrected chi connectivity index (χ4v) is 0.408. The molecule has 0 aliphatic heterocycles. The van der Waals surface area contributed by atoms with Gasteiger partial charge in [-0.25, -0.2) is 4.68 Å². The molecule has 1 aromatic heterocycles. The third-order valence-electron chi connectivity index (χ3n) is 0.747. The van der Waals surface area contributed by atoms with E-state index >= 15 is 0 Å². The number of ether oxygens (including phenoxy) is 1. The van der Waals surface area contributed by atoms with Gasteiger partial charge in [0.25, 0.3) is 6.47 Å². The fraction of sp³-hybridized carbons (Fsp3) is 0.250. The number of nitrogens with zero attached hydrogens (tertiary/aromatic N) is 3. The Balaban J connectivity index is 2.38. The normalized spacial score (nSPS) is 8.89. The van der Waals surface area contributed by atoms with E-state index in [1.54, 1.807) is 6.20 Å². The van der Waals surface area contributed by atoms with Gasteiger partial charge in [-0.3, -0.25) is 4.79 Å². The van der Waals surface area contributed by atoms with Gasteiger partial charge in [0.15, 0.2) is 6.73 Å². The van der Waals surface area contributed by atoms with Crippen LogP contribution in [0.4, 0.5) is 0 Å². The van der Waals surface area contributed by atoms with Crippen molar-refractivity contribution < 1.29 is 9.53 Å². The predicted molar refractivity (Wildman–Crippen MR) is 27.2 cm³/mol. The summed E-state index contributed by atoms with van der Waals surface area (Å²) in [5.41, 5.74) is 0. The summed E-state index contributed by atoms with van der Waals surface area (Å²) in [5, 5.41) is 7.03. The molecule has 0 bridgehead atoms. The van der Waals surface area contributed by atoms with Gasteiger partial charge in [0.1, 0.15) is 0 Å². The summed E-state index contributed by atoms with van der Waals surface area (Å²) >= 11 is 0. The molecule has 48 valence electrons. The zero-order valence-corrected chi connectivity index (χ0v) is 4.60. The van der Waals surface area contributed by atoms with Crippen molar-refractivity contribution in [3.05, 3.63) is 12.4 Å². The summed E-state index contributed by atoms with van der Waals surface area (Å²) in [6.45, 7) is 0.491. The third-order valence-corrected chi connectivity index (χ3v) is 0.747. The highest BCUT2D eigenvalue weighted by atomic mass is 16.5. The van der Waals surface area contributed by atoms with E-state index in [4.69, 9.17) is 0 Å². The van der Waals surface area contributed by atoms with Crippen molar-refractivity contribution in [2.45, 2.75) is 6.73 Å². The van der Waals surface area contributed by atoms with Crippen molar-refractivity contribution in [2.24, 2.45) is 0 Å². The smallest absolute Gasteiger partial charge is 0.294 e. The molecule has 0 saturated carbocycles. The van der Waals surface area contributed by atoms with E-state index in [9.17, 15) is 4.79 Å². The van der Waals surface area contributed by atoms with E-state index in [0.29, 0.717) is 6.47 Å². The molecule has 0 atom stereocenters. The topological polar surface area (TPSA) is 57.0 Å². The Labute approximate surface area is 51.2 Å². The largest absolute Gasteiger partial charge is 0.445 e. The number of rotatable bonds is 3. The number of hydrogen-bond donors (Lipinski definition) is 0. The molecular weight excluding hydrogens is 122 g/mol. The maximum atomic E-state index is 9.62. The standard InChI is InChI=1S/C4H5N3O2/c8-4-9-3-7-2-1-5-6-7/h1-2,4H,3H2. The second-order valence-corrected chi connectivity index (χ2v) is 1.33. The van der Waals surface area contributed by atoms with Crippen molar-refractivity contribution in [1.82, 2.24) is 15.0 Å². The van der Waals surface area contributed by atoms with Gasteiger partial charge < -0.3 is 4.74 Å². The number of aromatic nitrogens is 3. The highest BCUT2D eigenvalue weighted by Crippen LogP contribution is 1.78. The monoisotopic (exact) mass is 127 g/mol. The van der Waals surface area contributed by atoms with Crippen molar-refractivity contribution in [1.29, 1.82) is 0 Å². The van der Waals surface area contributed by atoms with Gasteiger partial charge in [-0.1, -0.05) is 5.21 Å². The Hall–Kier alpha value is -1.39. The van der Waals surface area contributed by atoms with Gasteiger partial charge in [-0.15, -0.1) is 5.10 Å². The molecule has 0 saturated heterocycles. The lowest BCUT2D eigenvalue weighted by Gasteiger charge is -1.93. The Morgan fingerprint density at radius 2 is 2.67 bits per heavy atom. The van der Waals surface area contributed by atoms with Crippen LogP contribution in [-0.2, 0) is 16.3 Å². The van der Waals surface area contributed by atoms with Gasteiger partial charge in [0, 0.05) is 6.20 Å². The molecule has 0 aromatic carbocycles. The first-order valence-electron chi connectivity index (χ1n) is 2.33. The van der Waals surface area contributed by atoms with Gasteiger partial charge in [-0.05, 0) is 0 Å². The molecular formula is C4H5N3O2. The van der Waals surface area contributed by atoms with E-state index < -0.39 is 0 Å². The highest BCUT2D eigenvalue weighted by molar-refractivity contribution is 5.36.